The average molecular weight is 358 g/mol. The first kappa shape index (κ1) is 17.9. The number of aliphatic carboxylic acids is 1. The number of aromatic nitrogens is 3. The Morgan fingerprint density at radius 2 is 1.92 bits per heavy atom. The lowest BCUT2D eigenvalue weighted by molar-refractivity contribution is -0.142. The minimum Gasteiger partial charge on any atom is -0.480 e. The summed E-state index contributed by atoms with van der Waals surface area (Å²) in [5.41, 5.74) is 0.940. The molecule has 1 aliphatic rings. The maximum atomic E-state index is 12.4. The first-order valence-corrected chi connectivity index (χ1v) is 8.44. The Labute approximate surface area is 151 Å². The number of carbonyl (C=O) groups excluding carboxylic acids is 1. The van der Waals surface area contributed by atoms with E-state index < -0.39 is 23.7 Å². The van der Waals surface area contributed by atoms with E-state index >= 15 is 0 Å². The van der Waals surface area contributed by atoms with Gasteiger partial charge < -0.3 is 9.84 Å². The van der Waals surface area contributed by atoms with Gasteiger partial charge in [0.15, 0.2) is 0 Å². The number of likely N-dealkylation sites (tertiary alicyclic amines) is 1. The maximum Gasteiger partial charge on any atom is 0.411 e. The van der Waals surface area contributed by atoms with Crippen molar-refractivity contribution in [3.8, 4) is 11.3 Å². The van der Waals surface area contributed by atoms with Gasteiger partial charge in [-0.2, -0.15) is 0 Å². The molecule has 8 heteroatoms. The molecule has 1 aromatic heterocycles. The number of benzene rings is 1. The summed E-state index contributed by atoms with van der Waals surface area (Å²) in [5.74, 6) is -1.05. The second-order valence-corrected chi connectivity index (χ2v) is 7.33. The van der Waals surface area contributed by atoms with Crippen molar-refractivity contribution in [1.82, 2.24) is 19.9 Å². The Bertz CT molecular complexity index is 797. The van der Waals surface area contributed by atoms with Gasteiger partial charge in [0.1, 0.15) is 17.3 Å². The van der Waals surface area contributed by atoms with Crippen molar-refractivity contribution in [2.75, 3.05) is 6.54 Å². The standard InChI is InChI=1S/C18H22N4O4/c1-18(2,3)26-17(25)21-10-13(9-15(21)16(23)24)22-11-14(19-20-22)12-7-5-4-6-8-12/h4-8,11,13,15H,9-10H2,1-3H3,(H,23,24)/t13-,15-/m1/s1. The van der Waals surface area contributed by atoms with Crippen molar-refractivity contribution in [2.24, 2.45) is 0 Å². The smallest absolute Gasteiger partial charge is 0.411 e. The highest BCUT2D eigenvalue weighted by Crippen LogP contribution is 2.29. The lowest BCUT2D eigenvalue weighted by atomic mass is 10.1. The van der Waals surface area contributed by atoms with E-state index in [0.717, 1.165) is 5.56 Å². The first-order chi connectivity index (χ1) is 12.2. The van der Waals surface area contributed by atoms with E-state index in [1.807, 2.05) is 30.3 Å². The van der Waals surface area contributed by atoms with Crippen LogP contribution in [-0.2, 0) is 9.53 Å². The number of amides is 1. The highest BCUT2D eigenvalue weighted by molar-refractivity contribution is 5.81. The third kappa shape index (κ3) is 3.84. The molecule has 0 bridgehead atoms. The molecule has 1 amide bonds. The number of ether oxygens (including phenoxy) is 1. The Hall–Kier alpha value is -2.90. The zero-order valence-electron chi connectivity index (χ0n) is 15.0. The van der Waals surface area contributed by atoms with Crippen molar-refractivity contribution in [3.05, 3.63) is 36.5 Å². The molecule has 8 nitrogen and oxygen atoms in total. The molecule has 0 radical (unpaired) electrons. The lowest BCUT2D eigenvalue weighted by Crippen LogP contribution is -2.43. The summed E-state index contributed by atoms with van der Waals surface area (Å²) in [5, 5.41) is 17.8. The van der Waals surface area contributed by atoms with Crippen LogP contribution < -0.4 is 0 Å². The Morgan fingerprint density at radius 1 is 1.23 bits per heavy atom. The van der Waals surface area contributed by atoms with Crippen LogP contribution in [0.2, 0.25) is 0 Å². The molecule has 0 aliphatic carbocycles. The van der Waals surface area contributed by atoms with E-state index in [2.05, 4.69) is 10.3 Å². The van der Waals surface area contributed by atoms with Crippen molar-refractivity contribution >= 4 is 12.1 Å². The van der Waals surface area contributed by atoms with Gasteiger partial charge in [-0.25, -0.2) is 14.3 Å². The summed E-state index contributed by atoms with van der Waals surface area (Å²) >= 11 is 0. The minimum absolute atomic E-state index is 0.212. The molecule has 1 aromatic carbocycles. The number of rotatable bonds is 3. The van der Waals surface area contributed by atoms with E-state index in [0.29, 0.717) is 5.69 Å². The molecule has 0 saturated carbocycles. The highest BCUT2D eigenvalue weighted by atomic mass is 16.6. The van der Waals surface area contributed by atoms with Gasteiger partial charge in [-0.1, -0.05) is 35.5 Å². The van der Waals surface area contributed by atoms with Crippen LogP contribution >= 0.6 is 0 Å². The molecule has 2 atom stereocenters. The third-order valence-corrected chi connectivity index (χ3v) is 4.15. The molecule has 1 N–H and O–H groups in total. The molecule has 2 aromatic rings. The molecular formula is C18H22N4O4. The Morgan fingerprint density at radius 3 is 2.54 bits per heavy atom. The zero-order chi connectivity index (χ0) is 18.9. The fourth-order valence-electron chi connectivity index (χ4n) is 2.96. The molecule has 3 rings (SSSR count). The van der Waals surface area contributed by atoms with Gasteiger partial charge in [0.05, 0.1) is 12.2 Å². The van der Waals surface area contributed by atoms with Crippen molar-refractivity contribution in [1.29, 1.82) is 0 Å². The van der Waals surface area contributed by atoms with Crippen LogP contribution in [0.3, 0.4) is 0 Å². The van der Waals surface area contributed by atoms with Gasteiger partial charge in [0, 0.05) is 18.5 Å². The zero-order valence-corrected chi connectivity index (χ0v) is 15.0. The molecule has 1 saturated heterocycles. The van der Waals surface area contributed by atoms with Gasteiger partial charge in [0.2, 0.25) is 0 Å². The van der Waals surface area contributed by atoms with E-state index in [9.17, 15) is 14.7 Å². The third-order valence-electron chi connectivity index (χ3n) is 4.15. The van der Waals surface area contributed by atoms with E-state index in [1.165, 1.54) is 4.90 Å². The van der Waals surface area contributed by atoms with Crippen LogP contribution in [-0.4, -0.2) is 55.3 Å². The van der Waals surface area contributed by atoms with Crippen molar-refractivity contribution in [3.63, 3.8) is 0 Å². The summed E-state index contributed by atoms with van der Waals surface area (Å²) in [4.78, 5) is 25.2. The fourth-order valence-corrected chi connectivity index (χ4v) is 2.96. The molecule has 1 fully saturated rings. The van der Waals surface area contributed by atoms with Crippen molar-refractivity contribution in [2.45, 2.75) is 44.9 Å². The highest BCUT2D eigenvalue weighted by Gasteiger charge is 2.42. The fraction of sp³-hybridized carbons (Fsp3) is 0.444. The van der Waals surface area contributed by atoms with E-state index in [-0.39, 0.29) is 19.0 Å². The molecule has 0 unspecified atom stereocenters. The summed E-state index contributed by atoms with van der Waals surface area (Å²) in [6.45, 7) is 5.46. The van der Waals surface area contributed by atoms with E-state index in [4.69, 9.17) is 4.74 Å². The number of carboxylic acids is 1. The van der Waals surface area contributed by atoms with Crippen LogP contribution in [0.25, 0.3) is 11.3 Å². The molecular weight excluding hydrogens is 336 g/mol. The second kappa shape index (κ2) is 6.78. The SMILES string of the molecule is CC(C)(C)OC(=O)N1C[C@H](n2cc(-c3ccccc3)nn2)C[C@@H]1C(=O)O. The normalized spacial score (nSPS) is 20.2. The number of hydrogen-bond acceptors (Lipinski definition) is 5. The van der Waals surface area contributed by atoms with Crippen LogP contribution in [0.15, 0.2) is 36.5 Å². The van der Waals surface area contributed by atoms with Crippen molar-refractivity contribution < 1.29 is 19.4 Å². The van der Waals surface area contributed by atoms with Gasteiger partial charge >= 0.3 is 12.1 Å². The Balaban J connectivity index is 1.79. The predicted octanol–water partition coefficient (Wildman–Crippen LogP) is 2.58. The number of nitrogens with zero attached hydrogens (tertiary/aromatic N) is 4. The summed E-state index contributed by atoms with van der Waals surface area (Å²) in [7, 11) is 0. The molecule has 1 aliphatic heterocycles. The largest absolute Gasteiger partial charge is 0.480 e. The average Bonchev–Trinajstić information content (AvgIpc) is 3.21. The van der Waals surface area contributed by atoms with Crippen LogP contribution in [0.5, 0.6) is 0 Å². The number of carboxylic acid groups (broad SMARTS) is 1. The summed E-state index contributed by atoms with van der Waals surface area (Å²) in [6.07, 6.45) is 1.40. The molecule has 2 heterocycles. The quantitative estimate of drug-likeness (QED) is 0.906. The van der Waals surface area contributed by atoms with E-state index in [1.54, 1.807) is 31.6 Å². The van der Waals surface area contributed by atoms with Gasteiger partial charge in [0.25, 0.3) is 0 Å². The monoisotopic (exact) mass is 358 g/mol. The minimum atomic E-state index is -1.05. The molecule has 0 spiro atoms. The van der Waals surface area contributed by atoms with Gasteiger partial charge in [-0.3, -0.25) is 4.90 Å². The number of carbonyl (C=O) groups is 2. The molecule has 138 valence electrons. The topological polar surface area (TPSA) is 97.5 Å². The van der Waals surface area contributed by atoms with Crippen LogP contribution in [0.4, 0.5) is 4.79 Å². The second-order valence-electron chi connectivity index (χ2n) is 7.33. The first-order valence-electron chi connectivity index (χ1n) is 8.44. The molecule has 26 heavy (non-hydrogen) atoms. The number of hydrogen-bond donors (Lipinski definition) is 1. The summed E-state index contributed by atoms with van der Waals surface area (Å²) in [6, 6.07) is 8.38. The maximum absolute atomic E-state index is 12.4. The Kier molecular flexibility index (Phi) is 4.67. The lowest BCUT2D eigenvalue weighted by Gasteiger charge is -2.26. The van der Waals surface area contributed by atoms with Gasteiger partial charge in [-0.15, -0.1) is 5.10 Å². The summed E-state index contributed by atoms with van der Waals surface area (Å²) < 4.78 is 6.97. The predicted molar refractivity (Wildman–Crippen MR) is 93.5 cm³/mol. The van der Waals surface area contributed by atoms with Crippen LogP contribution in [0.1, 0.15) is 33.2 Å². The van der Waals surface area contributed by atoms with Crippen LogP contribution in [0, 0.1) is 0 Å². The van der Waals surface area contributed by atoms with Gasteiger partial charge in [-0.05, 0) is 20.8 Å².